The Kier molecular flexibility index (Phi) is 6.78. The molecule has 12 heteroatoms. The summed E-state index contributed by atoms with van der Waals surface area (Å²) in [6.07, 6.45) is 1.66. The molecule has 0 bridgehead atoms. The lowest BCUT2D eigenvalue weighted by atomic mass is 10.2. The first-order valence-electron chi connectivity index (χ1n) is 10.2. The number of nitrogens with one attached hydrogen (secondary N) is 2. The SMILES string of the molecule is Cn1ccc(C(=O)Nc2cccc(NC(=O)c3ccc(COc4cc([N+](=O)[O-])ccc4Cl)o3)c2)n1. The van der Waals surface area contributed by atoms with E-state index in [1.165, 1.54) is 28.9 Å². The van der Waals surface area contributed by atoms with E-state index in [0.29, 0.717) is 17.1 Å². The zero-order chi connectivity index (χ0) is 24.9. The van der Waals surface area contributed by atoms with Crippen molar-refractivity contribution in [2.75, 3.05) is 10.6 Å². The van der Waals surface area contributed by atoms with Crippen LogP contribution in [0.4, 0.5) is 17.1 Å². The van der Waals surface area contributed by atoms with Gasteiger partial charge in [-0.2, -0.15) is 5.10 Å². The van der Waals surface area contributed by atoms with Crippen LogP contribution < -0.4 is 15.4 Å². The van der Waals surface area contributed by atoms with Gasteiger partial charge in [0.05, 0.1) is 16.0 Å². The molecule has 0 radical (unpaired) electrons. The van der Waals surface area contributed by atoms with Gasteiger partial charge in [-0.05, 0) is 42.5 Å². The van der Waals surface area contributed by atoms with Crippen LogP contribution in [0.3, 0.4) is 0 Å². The fraction of sp³-hybridized carbons (Fsp3) is 0.0870. The van der Waals surface area contributed by atoms with Crippen molar-refractivity contribution in [2.24, 2.45) is 7.05 Å². The summed E-state index contributed by atoms with van der Waals surface area (Å²) in [5, 5.41) is 20.6. The van der Waals surface area contributed by atoms with E-state index in [9.17, 15) is 19.7 Å². The number of halogens is 1. The molecule has 0 aliphatic heterocycles. The van der Waals surface area contributed by atoms with Crippen LogP contribution in [0.25, 0.3) is 0 Å². The molecule has 4 rings (SSSR count). The number of nitro benzene ring substituents is 1. The zero-order valence-corrected chi connectivity index (χ0v) is 19.0. The molecule has 0 saturated carbocycles. The van der Waals surface area contributed by atoms with Crippen molar-refractivity contribution in [3.63, 3.8) is 0 Å². The summed E-state index contributed by atoms with van der Waals surface area (Å²) < 4.78 is 12.5. The van der Waals surface area contributed by atoms with Crippen molar-refractivity contribution >= 4 is 40.5 Å². The van der Waals surface area contributed by atoms with Crippen molar-refractivity contribution in [3.05, 3.63) is 99.2 Å². The van der Waals surface area contributed by atoms with Crippen molar-refractivity contribution in [1.82, 2.24) is 9.78 Å². The van der Waals surface area contributed by atoms with Gasteiger partial charge in [0.1, 0.15) is 18.1 Å². The molecule has 2 N–H and O–H groups in total. The molecule has 0 fully saturated rings. The molecule has 2 aromatic carbocycles. The number of nitrogens with zero attached hydrogens (tertiary/aromatic N) is 3. The van der Waals surface area contributed by atoms with E-state index < -0.39 is 10.8 Å². The minimum atomic E-state index is -0.558. The third kappa shape index (κ3) is 5.84. The van der Waals surface area contributed by atoms with Gasteiger partial charge in [-0.3, -0.25) is 24.4 Å². The lowest BCUT2D eigenvalue weighted by Gasteiger charge is -2.08. The van der Waals surface area contributed by atoms with Crippen LogP contribution in [-0.4, -0.2) is 26.5 Å². The predicted octanol–water partition coefficient (Wildman–Crippen LogP) is 4.66. The minimum Gasteiger partial charge on any atom is -0.484 e. The largest absolute Gasteiger partial charge is 0.484 e. The van der Waals surface area contributed by atoms with Gasteiger partial charge in [-0.25, -0.2) is 0 Å². The maximum atomic E-state index is 12.6. The van der Waals surface area contributed by atoms with Gasteiger partial charge in [-0.1, -0.05) is 17.7 Å². The van der Waals surface area contributed by atoms with Crippen LogP contribution in [-0.2, 0) is 13.7 Å². The topological polar surface area (TPSA) is 142 Å². The van der Waals surface area contributed by atoms with Gasteiger partial charge in [0.15, 0.2) is 11.5 Å². The van der Waals surface area contributed by atoms with E-state index in [0.717, 1.165) is 0 Å². The Morgan fingerprint density at radius 2 is 1.83 bits per heavy atom. The summed E-state index contributed by atoms with van der Waals surface area (Å²) in [4.78, 5) is 35.2. The third-order valence-electron chi connectivity index (χ3n) is 4.71. The van der Waals surface area contributed by atoms with Crippen molar-refractivity contribution < 1.29 is 23.7 Å². The molecule has 0 atom stereocenters. The molecule has 2 aromatic heterocycles. The fourth-order valence-corrected chi connectivity index (χ4v) is 3.21. The van der Waals surface area contributed by atoms with E-state index in [1.807, 2.05) is 0 Å². The highest BCUT2D eigenvalue weighted by molar-refractivity contribution is 6.32. The Hall–Kier alpha value is -4.64. The number of nitro groups is 1. The molecule has 0 spiro atoms. The number of amides is 2. The summed E-state index contributed by atoms with van der Waals surface area (Å²) in [5.74, 6) is -0.440. The predicted molar refractivity (Wildman–Crippen MR) is 127 cm³/mol. The van der Waals surface area contributed by atoms with Gasteiger partial charge in [0.2, 0.25) is 0 Å². The number of hydrogen-bond acceptors (Lipinski definition) is 7. The average molecular weight is 496 g/mol. The Bertz CT molecular complexity index is 1410. The third-order valence-corrected chi connectivity index (χ3v) is 5.02. The highest BCUT2D eigenvalue weighted by Crippen LogP contribution is 2.29. The first-order valence-corrected chi connectivity index (χ1v) is 10.5. The van der Waals surface area contributed by atoms with Crippen LogP contribution in [0.1, 0.15) is 26.8 Å². The normalized spacial score (nSPS) is 10.6. The van der Waals surface area contributed by atoms with E-state index in [-0.39, 0.29) is 40.4 Å². The van der Waals surface area contributed by atoms with Gasteiger partial charge >= 0.3 is 0 Å². The number of furan rings is 1. The number of ether oxygens (including phenoxy) is 1. The Morgan fingerprint density at radius 1 is 1.09 bits per heavy atom. The smallest absolute Gasteiger partial charge is 0.291 e. The zero-order valence-electron chi connectivity index (χ0n) is 18.2. The maximum absolute atomic E-state index is 12.6. The standard InChI is InChI=1S/C23H18ClN5O6/c1-28-10-9-19(27-28)22(30)25-14-3-2-4-15(11-14)26-23(31)20-8-6-17(35-20)13-34-21-12-16(29(32)33)5-7-18(21)24/h2-12H,13H2,1H3,(H,25,30)(H,26,31). The van der Waals surface area contributed by atoms with Crippen LogP contribution in [0.15, 0.2) is 71.3 Å². The number of non-ortho nitro benzene ring substituents is 1. The average Bonchev–Trinajstić information content (AvgIpc) is 3.48. The van der Waals surface area contributed by atoms with E-state index in [4.69, 9.17) is 20.8 Å². The molecular weight excluding hydrogens is 478 g/mol. The second-order valence-corrected chi connectivity index (χ2v) is 7.70. The molecule has 0 unspecified atom stereocenters. The van der Waals surface area contributed by atoms with Gasteiger partial charge in [-0.15, -0.1) is 0 Å². The second-order valence-electron chi connectivity index (χ2n) is 7.29. The number of rotatable bonds is 8. The number of carbonyl (C=O) groups excluding carboxylic acids is 2. The van der Waals surface area contributed by atoms with Crippen molar-refractivity contribution in [2.45, 2.75) is 6.61 Å². The summed E-state index contributed by atoms with van der Waals surface area (Å²) in [5.41, 5.74) is 1.01. The van der Waals surface area contributed by atoms with Crippen molar-refractivity contribution in [1.29, 1.82) is 0 Å². The van der Waals surface area contributed by atoms with E-state index >= 15 is 0 Å². The monoisotopic (exact) mass is 495 g/mol. The van der Waals surface area contributed by atoms with Crippen LogP contribution >= 0.6 is 11.6 Å². The molecule has 0 aliphatic carbocycles. The molecule has 0 saturated heterocycles. The molecule has 4 aromatic rings. The molecule has 35 heavy (non-hydrogen) atoms. The molecule has 0 aliphatic rings. The Labute approximate surface area is 203 Å². The van der Waals surface area contributed by atoms with E-state index in [1.54, 1.807) is 49.6 Å². The summed E-state index contributed by atoms with van der Waals surface area (Å²) >= 11 is 6.02. The van der Waals surface area contributed by atoms with Crippen molar-refractivity contribution in [3.8, 4) is 5.75 Å². The maximum Gasteiger partial charge on any atom is 0.291 e. The molecule has 2 heterocycles. The molecule has 178 valence electrons. The van der Waals surface area contributed by atoms with Gasteiger partial charge < -0.3 is 19.8 Å². The first-order chi connectivity index (χ1) is 16.8. The Morgan fingerprint density at radius 3 is 2.51 bits per heavy atom. The minimum absolute atomic E-state index is 0.0247. The number of aryl methyl sites for hydroxylation is 1. The summed E-state index contributed by atoms with van der Waals surface area (Å²) in [6, 6.07) is 15.0. The highest BCUT2D eigenvalue weighted by atomic mass is 35.5. The number of anilines is 2. The molecule has 2 amide bonds. The van der Waals surface area contributed by atoms with Gasteiger partial charge in [0.25, 0.3) is 17.5 Å². The van der Waals surface area contributed by atoms with Gasteiger partial charge in [0, 0.05) is 30.7 Å². The lowest BCUT2D eigenvalue weighted by Crippen LogP contribution is -2.14. The quantitative estimate of drug-likeness (QED) is 0.267. The highest BCUT2D eigenvalue weighted by Gasteiger charge is 2.15. The van der Waals surface area contributed by atoms with Crippen LogP contribution in [0, 0.1) is 10.1 Å². The number of benzene rings is 2. The summed E-state index contributed by atoms with van der Waals surface area (Å²) in [6.45, 7) is -0.0940. The second kappa shape index (κ2) is 10.1. The number of hydrogen-bond donors (Lipinski definition) is 2. The fourth-order valence-electron chi connectivity index (χ4n) is 3.04. The Balaban J connectivity index is 1.37. The molecule has 11 nitrogen and oxygen atoms in total. The first kappa shape index (κ1) is 23.5. The lowest BCUT2D eigenvalue weighted by molar-refractivity contribution is -0.384. The molecular formula is C23H18ClN5O6. The number of carbonyl (C=O) groups is 2. The van der Waals surface area contributed by atoms with Crippen LogP contribution in [0.5, 0.6) is 5.75 Å². The summed E-state index contributed by atoms with van der Waals surface area (Å²) in [7, 11) is 1.71. The van der Waals surface area contributed by atoms with Crippen LogP contribution in [0.2, 0.25) is 5.02 Å². The van der Waals surface area contributed by atoms with E-state index in [2.05, 4.69) is 15.7 Å². The number of aromatic nitrogens is 2.